The van der Waals surface area contributed by atoms with Crippen molar-refractivity contribution in [2.75, 3.05) is 0 Å². The average molecular weight is 404 g/mol. The average Bonchev–Trinajstić information content (AvgIpc) is 2.83. The van der Waals surface area contributed by atoms with Crippen molar-refractivity contribution in [3.63, 3.8) is 0 Å². The zero-order valence-corrected chi connectivity index (χ0v) is 17.0. The molecule has 0 amide bonds. The molecule has 0 atom stereocenters. The second-order valence-electron chi connectivity index (χ2n) is 7.25. The molecule has 0 aromatic heterocycles. The molecule has 3 nitrogen and oxygen atoms in total. The molecule has 150 valence electrons. The molecular weight excluding hydrogens is 384 g/mol. The van der Waals surface area contributed by atoms with E-state index in [-0.39, 0.29) is 17.3 Å². The number of fused-ring (bicyclic) bond motifs is 2. The lowest BCUT2D eigenvalue weighted by atomic mass is 9.84. The van der Waals surface area contributed by atoms with Crippen LogP contribution in [-0.4, -0.2) is 17.3 Å². The minimum Gasteiger partial charge on any atom is -0.295 e. The van der Waals surface area contributed by atoms with E-state index in [2.05, 4.69) is 12.1 Å². The molecule has 0 saturated heterocycles. The van der Waals surface area contributed by atoms with Gasteiger partial charge in [-0.05, 0) is 18.1 Å². The van der Waals surface area contributed by atoms with Crippen molar-refractivity contribution in [3.8, 4) is 11.1 Å². The number of Topliss-reactive ketones (excluding diaryl/α,β-unsaturated/α-hetero) is 1. The van der Waals surface area contributed by atoms with E-state index in [1.54, 1.807) is 55.5 Å². The summed E-state index contributed by atoms with van der Waals surface area (Å²) in [4.78, 5) is 35.3. The number of ketones is 3. The fraction of sp³-hybridized carbons (Fsp3) is 0.0357. The zero-order chi connectivity index (χ0) is 21.8. The molecule has 0 radical (unpaired) electrons. The minimum absolute atomic E-state index is 0.0641. The summed E-state index contributed by atoms with van der Waals surface area (Å²) in [5.74, 6) is -0.0220. The lowest BCUT2D eigenvalue weighted by Crippen LogP contribution is -2.20. The molecule has 3 heteroatoms. The SMILES string of the molecule is CC(=O)c1ccc(-c2ccccc2)cc1.O=C1c2ccccc2C(=O)c2ccccc21. The molecule has 0 bridgehead atoms. The normalized spacial score (nSPS) is 11.6. The van der Waals surface area contributed by atoms with E-state index < -0.39 is 0 Å². The largest absolute Gasteiger partial charge is 0.295 e. The molecule has 0 N–H and O–H groups in total. The van der Waals surface area contributed by atoms with Crippen LogP contribution in [-0.2, 0) is 0 Å². The maximum Gasteiger partial charge on any atom is 0.194 e. The predicted molar refractivity (Wildman–Crippen MR) is 122 cm³/mol. The van der Waals surface area contributed by atoms with Crippen LogP contribution in [0, 0.1) is 0 Å². The Labute approximate surface area is 181 Å². The highest BCUT2D eigenvalue weighted by Gasteiger charge is 2.28. The van der Waals surface area contributed by atoms with Gasteiger partial charge in [-0.25, -0.2) is 0 Å². The summed E-state index contributed by atoms with van der Waals surface area (Å²) in [6.45, 7) is 1.58. The third kappa shape index (κ3) is 4.12. The van der Waals surface area contributed by atoms with Crippen LogP contribution in [0.15, 0.2) is 103 Å². The number of carbonyl (C=O) groups excluding carboxylic acids is 3. The lowest BCUT2D eigenvalue weighted by Gasteiger charge is -2.16. The van der Waals surface area contributed by atoms with Gasteiger partial charge in [-0.1, -0.05) is 103 Å². The second-order valence-corrected chi connectivity index (χ2v) is 7.25. The van der Waals surface area contributed by atoms with E-state index in [1.165, 1.54) is 5.56 Å². The Morgan fingerprint density at radius 3 is 1.23 bits per heavy atom. The Balaban J connectivity index is 0.000000150. The number of benzene rings is 4. The van der Waals surface area contributed by atoms with Crippen LogP contribution in [0.4, 0.5) is 0 Å². The molecule has 0 aliphatic heterocycles. The van der Waals surface area contributed by atoms with Gasteiger partial charge in [0, 0.05) is 27.8 Å². The maximum absolute atomic E-state index is 12.1. The van der Waals surface area contributed by atoms with E-state index in [0.717, 1.165) is 11.1 Å². The van der Waals surface area contributed by atoms with Gasteiger partial charge in [0.1, 0.15) is 0 Å². The highest BCUT2D eigenvalue weighted by Crippen LogP contribution is 2.26. The lowest BCUT2D eigenvalue weighted by molar-refractivity contribution is 0.0979. The first-order valence-corrected chi connectivity index (χ1v) is 10.00. The van der Waals surface area contributed by atoms with E-state index in [4.69, 9.17) is 0 Å². The zero-order valence-electron chi connectivity index (χ0n) is 17.0. The maximum atomic E-state index is 12.1. The topological polar surface area (TPSA) is 51.2 Å². The van der Waals surface area contributed by atoms with E-state index in [0.29, 0.717) is 22.3 Å². The van der Waals surface area contributed by atoms with Gasteiger partial charge in [0.05, 0.1) is 0 Å². The van der Waals surface area contributed by atoms with Crippen molar-refractivity contribution in [2.24, 2.45) is 0 Å². The molecule has 0 fully saturated rings. The summed E-state index contributed by atoms with van der Waals surface area (Å²) < 4.78 is 0. The second kappa shape index (κ2) is 8.72. The van der Waals surface area contributed by atoms with Gasteiger partial charge in [0.25, 0.3) is 0 Å². The third-order valence-corrected chi connectivity index (χ3v) is 5.23. The molecule has 0 saturated carbocycles. The van der Waals surface area contributed by atoms with Crippen molar-refractivity contribution < 1.29 is 14.4 Å². The van der Waals surface area contributed by atoms with Crippen LogP contribution in [0.3, 0.4) is 0 Å². The molecule has 31 heavy (non-hydrogen) atoms. The molecule has 5 rings (SSSR count). The van der Waals surface area contributed by atoms with Gasteiger partial charge in [0.2, 0.25) is 0 Å². The first kappa shape index (κ1) is 20.2. The van der Waals surface area contributed by atoms with Gasteiger partial charge in [-0.15, -0.1) is 0 Å². The molecule has 0 spiro atoms. The number of hydrogen-bond acceptors (Lipinski definition) is 3. The Hall–Kier alpha value is -4.11. The highest BCUT2D eigenvalue weighted by atomic mass is 16.1. The molecule has 0 unspecified atom stereocenters. The van der Waals surface area contributed by atoms with Gasteiger partial charge in [-0.2, -0.15) is 0 Å². The van der Waals surface area contributed by atoms with E-state index >= 15 is 0 Å². The molecule has 1 aliphatic carbocycles. The first-order valence-electron chi connectivity index (χ1n) is 10.00. The van der Waals surface area contributed by atoms with Crippen LogP contribution >= 0.6 is 0 Å². The summed E-state index contributed by atoms with van der Waals surface area (Å²) in [5, 5.41) is 0. The van der Waals surface area contributed by atoms with Crippen LogP contribution in [0.1, 0.15) is 49.1 Å². The van der Waals surface area contributed by atoms with Crippen LogP contribution in [0.2, 0.25) is 0 Å². The van der Waals surface area contributed by atoms with Crippen molar-refractivity contribution in [2.45, 2.75) is 6.92 Å². The smallest absolute Gasteiger partial charge is 0.194 e. The van der Waals surface area contributed by atoms with Gasteiger partial charge >= 0.3 is 0 Å². The van der Waals surface area contributed by atoms with Crippen molar-refractivity contribution in [3.05, 3.63) is 131 Å². The molecular formula is C28H20O3. The Morgan fingerprint density at radius 2 is 0.839 bits per heavy atom. The summed E-state index contributed by atoms with van der Waals surface area (Å²) in [7, 11) is 0. The first-order chi connectivity index (χ1) is 15.1. The summed E-state index contributed by atoms with van der Waals surface area (Å²) >= 11 is 0. The fourth-order valence-electron chi connectivity index (χ4n) is 3.58. The predicted octanol–water partition coefficient (Wildman–Crippen LogP) is 6.02. The van der Waals surface area contributed by atoms with Gasteiger partial charge in [0.15, 0.2) is 17.3 Å². The third-order valence-electron chi connectivity index (χ3n) is 5.23. The van der Waals surface area contributed by atoms with Crippen LogP contribution < -0.4 is 0 Å². The molecule has 1 aliphatic rings. The standard InChI is InChI=1S/C14H8O2.C14H12O/c15-13-9-5-1-2-6-10(9)14(16)12-8-4-3-7-11(12)13;1-11(15)12-7-9-14(10-8-12)13-5-3-2-4-6-13/h1-8H;2-10H,1H3. The Morgan fingerprint density at radius 1 is 0.484 bits per heavy atom. The summed E-state index contributed by atoms with van der Waals surface area (Å²) in [6, 6.07) is 31.7. The Bertz CT molecular complexity index is 1160. The monoisotopic (exact) mass is 404 g/mol. The molecule has 0 heterocycles. The van der Waals surface area contributed by atoms with Gasteiger partial charge < -0.3 is 0 Å². The van der Waals surface area contributed by atoms with Crippen molar-refractivity contribution in [1.82, 2.24) is 0 Å². The number of hydrogen-bond donors (Lipinski definition) is 0. The summed E-state index contributed by atoms with van der Waals surface area (Å²) in [5.41, 5.74) is 5.10. The molecule has 4 aromatic carbocycles. The van der Waals surface area contributed by atoms with Crippen molar-refractivity contribution in [1.29, 1.82) is 0 Å². The van der Waals surface area contributed by atoms with Crippen molar-refractivity contribution >= 4 is 17.3 Å². The van der Waals surface area contributed by atoms with Crippen LogP contribution in [0.25, 0.3) is 11.1 Å². The van der Waals surface area contributed by atoms with E-state index in [1.807, 2.05) is 42.5 Å². The van der Waals surface area contributed by atoms with Crippen LogP contribution in [0.5, 0.6) is 0 Å². The minimum atomic E-state index is -0.0641. The number of carbonyl (C=O) groups is 3. The highest BCUT2D eigenvalue weighted by molar-refractivity contribution is 6.28. The molecule has 4 aromatic rings. The Kier molecular flexibility index (Phi) is 5.67. The van der Waals surface area contributed by atoms with E-state index in [9.17, 15) is 14.4 Å². The van der Waals surface area contributed by atoms with Gasteiger partial charge in [-0.3, -0.25) is 14.4 Å². The number of rotatable bonds is 2. The quantitative estimate of drug-likeness (QED) is 0.338. The fourth-order valence-corrected chi connectivity index (χ4v) is 3.58. The summed E-state index contributed by atoms with van der Waals surface area (Å²) in [6.07, 6.45) is 0.